The van der Waals surface area contributed by atoms with Gasteiger partial charge in [-0.15, -0.1) is 22.9 Å². The van der Waals surface area contributed by atoms with Gasteiger partial charge in [0.1, 0.15) is 18.7 Å². The minimum absolute atomic E-state index is 0.0529. The van der Waals surface area contributed by atoms with Gasteiger partial charge in [0, 0.05) is 5.38 Å². The quantitative estimate of drug-likeness (QED) is 0.0919. The molecule has 1 fully saturated rings. The second-order valence-electron chi connectivity index (χ2n) is 7.34. The number of anilines is 1. The average Bonchev–Trinajstić information content (AvgIpc) is 3.40. The number of β-lactam (4-membered cyclic amide) rings is 1. The number of benzene rings is 1. The van der Waals surface area contributed by atoms with E-state index in [9.17, 15) is 36.9 Å². The fourth-order valence-electron chi connectivity index (χ4n) is 3.63. The van der Waals surface area contributed by atoms with Crippen molar-refractivity contribution in [3.8, 4) is 0 Å². The zero-order chi connectivity index (χ0) is 27.1. The number of hydrogen-bond acceptors (Lipinski definition) is 11. The van der Waals surface area contributed by atoms with Crippen LogP contribution in [0.1, 0.15) is 26.4 Å². The number of nitrogens with zero attached hydrogens (tertiary/aromatic N) is 4. The molecule has 4 rings (SSSR count). The van der Waals surface area contributed by atoms with Crippen molar-refractivity contribution in [2.75, 3.05) is 18.3 Å². The highest BCUT2D eigenvalue weighted by Gasteiger charge is 2.61. The lowest BCUT2D eigenvalue weighted by molar-refractivity contribution is -0.149. The van der Waals surface area contributed by atoms with E-state index in [-0.39, 0.29) is 32.1 Å². The normalized spacial score (nSPS) is 19.4. The number of carbonyl (C=O) groups excluding carboxylic acids is 5. The summed E-state index contributed by atoms with van der Waals surface area (Å²) in [5, 5.41) is 9.54. The fourth-order valence-corrected chi connectivity index (χ4v) is 5.24. The first-order valence-corrected chi connectivity index (χ1v) is 12.8. The van der Waals surface area contributed by atoms with Crippen LogP contribution in [0.2, 0.25) is 0 Å². The molecule has 0 unspecified atom stereocenters. The summed E-state index contributed by atoms with van der Waals surface area (Å²) in [7, 11) is -4.11. The average molecular weight is 571 g/mol. The van der Waals surface area contributed by atoms with Gasteiger partial charge >= 0.3 is 10.3 Å². The molecule has 3 heterocycles. The summed E-state index contributed by atoms with van der Waals surface area (Å²) in [6.45, 7) is 0. The Morgan fingerprint density at radius 1 is 1.22 bits per heavy atom. The number of fused-ring (bicyclic) bond motifs is 1. The summed E-state index contributed by atoms with van der Waals surface area (Å²) in [5.41, 5.74) is -0.681. The zero-order valence-electron chi connectivity index (χ0n) is 18.4. The summed E-state index contributed by atoms with van der Waals surface area (Å²) in [6, 6.07) is 3.84. The van der Waals surface area contributed by atoms with E-state index in [1.807, 2.05) is 0 Å². The van der Waals surface area contributed by atoms with Gasteiger partial charge in [-0.1, -0.05) is 17.3 Å². The summed E-state index contributed by atoms with van der Waals surface area (Å²) in [5.74, 6) is -5.19. The van der Waals surface area contributed by atoms with E-state index in [2.05, 4.69) is 25.6 Å². The van der Waals surface area contributed by atoms with Crippen molar-refractivity contribution in [1.82, 2.24) is 19.5 Å². The third-order valence-corrected chi connectivity index (χ3v) is 7.05. The molecule has 2 aromatic rings. The van der Waals surface area contributed by atoms with Gasteiger partial charge in [0.15, 0.2) is 23.1 Å². The number of halogens is 1. The van der Waals surface area contributed by atoms with Crippen LogP contribution < -0.4 is 10.6 Å². The minimum atomic E-state index is -5.23. The van der Waals surface area contributed by atoms with Crippen molar-refractivity contribution in [3.05, 3.63) is 46.5 Å². The molecule has 0 radical (unpaired) electrons. The molecule has 194 valence electrons. The molecule has 15 nitrogen and oxygen atoms in total. The zero-order valence-corrected chi connectivity index (χ0v) is 20.8. The lowest BCUT2D eigenvalue weighted by Gasteiger charge is -2.47. The number of amides is 5. The minimum Gasteiger partial charge on any atom is -0.398 e. The van der Waals surface area contributed by atoms with Gasteiger partial charge in [0.2, 0.25) is 5.91 Å². The number of oxime groups is 1. The first-order chi connectivity index (χ1) is 17.5. The van der Waals surface area contributed by atoms with Crippen LogP contribution in [0.5, 0.6) is 0 Å². The van der Waals surface area contributed by atoms with Crippen LogP contribution in [0, 0.1) is 0 Å². The molecule has 1 saturated heterocycles. The largest absolute Gasteiger partial charge is 0.398 e. The Hall–Kier alpha value is -3.93. The van der Waals surface area contributed by atoms with Gasteiger partial charge in [-0.25, -0.2) is 9.88 Å². The third kappa shape index (κ3) is 4.64. The van der Waals surface area contributed by atoms with Crippen LogP contribution in [0.25, 0.3) is 0 Å². The van der Waals surface area contributed by atoms with E-state index in [1.54, 1.807) is 0 Å². The maximum absolute atomic E-state index is 13.0. The fraction of sp³-hybridized carbons (Fsp3) is 0.211. The highest BCUT2D eigenvalue weighted by molar-refractivity contribution is 7.84. The molecule has 18 heteroatoms. The maximum atomic E-state index is 13.0. The second kappa shape index (κ2) is 9.85. The Labute approximate surface area is 216 Å². The van der Waals surface area contributed by atoms with Crippen LogP contribution >= 0.6 is 22.9 Å². The predicted molar refractivity (Wildman–Crippen MR) is 126 cm³/mol. The van der Waals surface area contributed by atoms with Gasteiger partial charge in [-0.2, -0.15) is 12.7 Å². The van der Waals surface area contributed by atoms with Crippen LogP contribution in [0.3, 0.4) is 0 Å². The van der Waals surface area contributed by atoms with Gasteiger partial charge in [-0.3, -0.25) is 28.5 Å². The molecule has 2 aliphatic rings. The van der Waals surface area contributed by atoms with Gasteiger partial charge in [0.25, 0.3) is 23.6 Å². The van der Waals surface area contributed by atoms with E-state index in [4.69, 9.17) is 11.6 Å². The molecule has 2 aliphatic heterocycles. The Morgan fingerprint density at radius 3 is 2.38 bits per heavy atom. The smallest absolute Gasteiger partial charge is 0.364 e. The second-order valence-corrected chi connectivity index (χ2v) is 9.76. The standard InChI is InChI=1S/C19H15ClN6O9S2/c1-35-24-12(10-7-36-19(21-10)22-11(27)6-20)14(28)23-13-15(26(18(13)31)37(32,33)34)25-16(29)8-4-2-3-5-9(8)17(25)30/h2-5,7,13,15H,6H2,1H3,(H,23,28)(H,21,22,27)(H,32,33,34)/b24-12-/t13-,15-/m0/s1. The molecule has 0 saturated carbocycles. The van der Waals surface area contributed by atoms with Crippen molar-refractivity contribution in [1.29, 1.82) is 0 Å². The molecular formula is C19H15ClN6O9S2. The molecule has 37 heavy (non-hydrogen) atoms. The summed E-state index contributed by atoms with van der Waals surface area (Å²) >= 11 is 6.35. The number of thiazole rings is 1. The van der Waals surface area contributed by atoms with Crippen molar-refractivity contribution < 1.29 is 41.8 Å². The van der Waals surface area contributed by atoms with Crippen LogP contribution in [0.4, 0.5) is 5.13 Å². The predicted octanol–water partition coefficient (Wildman–Crippen LogP) is -0.577. The molecule has 1 aromatic carbocycles. The number of carbonyl (C=O) groups is 5. The van der Waals surface area contributed by atoms with E-state index in [0.29, 0.717) is 4.90 Å². The molecule has 1 aromatic heterocycles. The van der Waals surface area contributed by atoms with Crippen molar-refractivity contribution >= 4 is 73.6 Å². The number of imide groups is 1. The first-order valence-electron chi connectivity index (χ1n) is 10.0. The Morgan fingerprint density at radius 2 is 1.84 bits per heavy atom. The molecule has 0 spiro atoms. The van der Waals surface area contributed by atoms with Crippen LogP contribution in [0.15, 0.2) is 34.8 Å². The van der Waals surface area contributed by atoms with Crippen molar-refractivity contribution in [2.24, 2.45) is 5.16 Å². The van der Waals surface area contributed by atoms with E-state index < -0.39 is 57.8 Å². The van der Waals surface area contributed by atoms with Crippen LogP contribution in [-0.2, 0) is 29.5 Å². The highest BCUT2D eigenvalue weighted by atomic mass is 35.5. The molecule has 0 aliphatic carbocycles. The monoisotopic (exact) mass is 570 g/mol. The van der Waals surface area contributed by atoms with Crippen molar-refractivity contribution in [2.45, 2.75) is 12.2 Å². The number of nitrogens with one attached hydrogen (secondary N) is 2. The summed E-state index contributed by atoms with van der Waals surface area (Å²) in [4.78, 5) is 72.1. The van der Waals surface area contributed by atoms with Gasteiger partial charge in [-0.05, 0) is 12.1 Å². The Kier molecular flexibility index (Phi) is 6.96. The van der Waals surface area contributed by atoms with E-state index in [0.717, 1.165) is 18.4 Å². The van der Waals surface area contributed by atoms with E-state index in [1.165, 1.54) is 29.6 Å². The SMILES string of the molecule is CO/N=C(\C(=O)N[C@@H]1C(=O)N(S(=O)(=O)O)[C@@H]1N1C(=O)c2ccccc2C1=O)c1csc(NC(=O)CCl)n1. The highest BCUT2D eigenvalue weighted by Crippen LogP contribution is 2.33. The lowest BCUT2D eigenvalue weighted by atomic mass is 10.0. The van der Waals surface area contributed by atoms with Gasteiger partial charge < -0.3 is 15.5 Å². The number of alkyl halides is 1. The maximum Gasteiger partial charge on any atom is 0.364 e. The van der Waals surface area contributed by atoms with E-state index >= 15 is 0 Å². The summed E-state index contributed by atoms with van der Waals surface area (Å²) in [6.07, 6.45) is -1.91. The molecule has 5 amide bonds. The van der Waals surface area contributed by atoms with Gasteiger partial charge in [0.05, 0.1) is 11.1 Å². The van der Waals surface area contributed by atoms with Crippen LogP contribution in [-0.4, -0.2) is 87.6 Å². The first kappa shape index (κ1) is 26.1. The lowest BCUT2D eigenvalue weighted by Crippen LogP contribution is -2.77. The summed E-state index contributed by atoms with van der Waals surface area (Å²) < 4.78 is 33.2. The molecule has 3 N–H and O–H groups in total. The Balaban J connectivity index is 1.63. The number of hydrogen-bond donors (Lipinski definition) is 3. The number of rotatable bonds is 8. The third-order valence-electron chi connectivity index (χ3n) is 5.16. The molecule has 2 atom stereocenters. The van der Waals surface area contributed by atoms with Crippen molar-refractivity contribution in [3.63, 3.8) is 0 Å². The topological polar surface area (TPSA) is 205 Å². The number of aromatic nitrogens is 1. The Bertz CT molecular complexity index is 1440. The molecular weight excluding hydrogens is 556 g/mol. The molecule has 0 bridgehead atoms.